The maximum absolute atomic E-state index is 2.50. The molecule has 1 aliphatic rings. The summed E-state index contributed by atoms with van der Waals surface area (Å²) in [6.07, 6.45) is 0. The third-order valence-electron chi connectivity index (χ3n) is 15.1. The van der Waals surface area contributed by atoms with Crippen LogP contribution in [0.5, 0.6) is 0 Å². The van der Waals surface area contributed by atoms with Gasteiger partial charge >= 0.3 is 0 Å². The molecule has 1 aliphatic carbocycles. The van der Waals surface area contributed by atoms with Crippen molar-refractivity contribution in [1.29, 1.82) is 0 Å². The standard InChI is InChI=1S/C67H43N3/c1-3-23-48(24-4-1)68-59-34-13-10-31-56(59)64-61(68)38-36-54-51-28-7-8-30-53(51)63(66(54)64)47-22-16-20-45(41-47)43-18-15-19-44(40-43)46-21-17-27-50(42-46)70-58-33-12-9-29-52(58)55-37-39-62-65(67(55)70)57-32-11-14-35-60(57)69(62)49-25-5-2-6-26-49/h1-42,63H. The molecule has 15 rings (SSSR count). The average molecular weight is 890 g/mol. The zero-order valence-corrected chi connectivity index (χ0v) is 38.2. The highest BCUT2D eigenvalue weighted by atomic mass is 15.0. The van der Waals surface area contributed by atoms with Crippen LogP contribution >= 0.6 is 0 Å². The number of benzene rings is 11. The molecule has 3 aromatic heterocycles. The van der Waals surface area contributed by atoms with Crippen molar-refractivity contribution in [3.8, 4) is 50.4 Å². The number of rotatable bonds is 6. The summed E-state index contributed by atoms with van der Waals surface area (Å²) in [6.45, 7) is 0. The lowest BCUT2D eigenvalue weighted by Crippen LogP contribution is -2.00. The Hall–Kier alpha value is -9.18. The van der Waals surface area contributed by atoms with Gasteiger partial charge in [-0.1, -0.05) is 182 Å². The SMILES string of the molecule is c1ccc(-n2c3ccccc3c3c4c(ccc32)-c2ccccc2C4c2cccc(-c3cccc(-c4cccc(-n5c6ccccc6c6ccc7c(c8ccccc8n7-c7ccccc7)c65)c4)c3)c2)cc1. The molecule has 3 heteroatoms. The Morgan fingerprint density at radius 1 is 0.271 bits per heavy atom. The lowest BCUT2D eigenvalue weighted by Gasteiger charge is -2.18. The summed E-state index contributed by atoms with van der Waals surface area (Å²) >= 11 is 0. The molecule has 70 heavy (non-hydrogen) atoms. The molecule has 0 aliphatic heterocycles. The van der Waals surface area contributed by atoms with Gasteiger partial charge in [0.15, 0.2) is 0 Å². The van der Waals surface area contributed by atoms with Gasteiger partial charge < -0.3 is 13.7 Å². The molecule has 0 bridgehead atoms. The van der Waals surface area contributed by atoms with Crippen molar-refractivity contribution in [2.24, 2.45) is 0 Å². The predicted octanol–water partition coefficient (Wildman–Crippen LogP) is 17.5. The largest absolute Gasteiger partial charge is 0.309 e. The van der Waals surface area contributed by atoms with Crippen LogP contribution in [0.3, 0.4) is 0 Å². The first-order valence-electron chi connectivity index (χ1n) is 24.3. The predicted molar refractivity (Wildman–Crippen MR) is 293 cm³/mol. The van der Waals surface area contributed by atoms with Crippen molar-refractivity contribution >= 4 is 65.4 Å². The van der Waals surface area contributed by atoms with E-state index in [0.717, 1.165) is 11.4 Å². The summed E-state index contributed by atoms with van der Waals surface area (Å²) < 4.78 is 7.35. The van der Waals surface area contributed by atoms with Crippen molar-refractivity contribution in [3.63, 3.8) is 0 Å². The summed E-state index contributed by atoms with van der Waals surface area (Å²) in [4.78, 5) is 0. The van der Waals surface area contributed by atoms with Crippen LogP contribution in [0.15, 0.2) is 255 Å². The van der Waals surface area contributed by atoms with E-state index >= 15 is 0 Å². The van der Waals surface area contributed by atoms with Crippen LogP contribution < -0.4 is 0 Å². The van der Waals surface area contributed by atoms with Crippen molar-refractivity contribution in [3.05, 3.63) is 271 Å². The Kier molecular flexibility index (Phi) is 8.42. The molecule has 3 nitrogen and oxygen atoms in total. The van der Waals surface area contributed by atoms with Gasteiger partial charge in [0.2, 0.25) is 0 Å². The molecule has 0 N–H and O–H groups in total. The Bertz CT molecular complexity index is 4410. The van der Waals surface area contributed by atoms with E-state index in [1.807, 2.05) is 0 Å². The van der Waals surface area contributed by atoms with Crippen molar-refractivity contribution in [2.45, 2.75) is 5.92 Å². The van der Waals surface area contributed by atoms with Gasteiger partial charge in [-0.05, 0) is 123 Å². The van der Waals surface area contributed by atoms with Gasteiger partial charge in [-0.3, -0.25) is 0 Å². The van der Waals surface area contributed by atoms with E-state index in [1.165, 1.54) is 121 Å². The van der Waals surface area contributed by atoms with E-state index in [0.29, 0.717) is 0 Å². The lowest BCUT2D eigenvalue weighted by atomic mass is 9.85. The maximum atomic E-state index is 2.50. The molecule has 3 heterocycles. The van der Waals surface area contributed by atoms with Crippen LogP contribution in [0.25, 0.3) is 116 Å². The summed E-state index contributed by atoms with van der Waals surface area (Å²) in [5.74, 6) is 0.0733. The van der Waals surface area contributed by atoms with Crippen molar-refractivity contribution in [2.75, 3.05) is 0 Å². The molecule has 0 saturated heterocycles. The number of aromatic nitrogens is 3. The highest BCUT2D eigenvalue weighted by molar-refractivity contribution is 6.26. The summed E-state index contributed by atoms with van der Waals surface area (Å²) in [5, 5.41) is 7.62. The molecular weight excluding hydrogens is 847 g/mol. The summed E-state index contributed by atoms with van der Waals surface area (Å²) in [6, 6.07) is 94.1. The van der Waals surface area contributed by atoms with Crippen LogP contribution in [0.1, 0.15) is 22.6 Å². The lowest BCUT2D eigenvalue weighted by molar-refractivity contribution is 1.03. The Labute approximate surface area is 405 Å². The molecule has 11 aromatic carbocycles. The van der Waals surface area contributed by atoms with Gasteiger partial charge in [-0.2, -0.15) is 0 Å². The minimum absolute atomic E-state index is 0.0733. The first-order chi connectivity index (χ1) is 34.8. The van der Waals surface area contributed by atoms with Gasteiger partial charge in [0.25, 0.3) is 0 Å². The monoisotopic (exact) mass is 889 g/mol. The molecule has 0 radical (unpaired) electrons. The number of fused-ring (bicyclic) bond motifs is 14. The van der Waals surface area contributed by atoms with E-state index < -0.39 is 0 Å². The molecule has 1 unspecified atom stereocenters. The molecule has 1 atom stereocenters. The van der Waals surface area contributed by atoms with Crippen molar-refractivity contribution in [1.82, 2.24) is 13.7 Å². The second-order valence-corrected chi connectivity index (χ2v) is 18.8. The quantitative estimate of drug-likeness (QED) is 0.158. The van der Waals surface area contributed by atoms with Crippen LogP contribution in [0, 0.1) is 0 Å². The topological polar surface area (TPSA) is 14.8 Å². The van der Waals surface area contributed by atoms with Gasteiger partial charge in [0.1, 0.15) is 0 Å². The maximum Gasteiger partial charge on any atom is 0.0641 e. The third kappa shape index (κ3) is 5.63. The van der Waals surface area contributed by atoms with Crippen LogP contribution in [0.4, 0.5) is 0 Å². The van der Waals surface area contributed by atoms with Crippen LogP contribution in [-0.2, 0) is 0 Å². The fraction of sp³-hybridized carbons (Fsp3) is 0.0149. The fourth-order valence-corrected chi connectivity index (χ4v) is 12.2. The van der Waals surface area contributed by atoms with E-state index in [-0.39, 0.29) is 5.92 Å². The first-order valence-corrected chi connectivity index (χ1v) is 24.3. The summed E-state index contributed by atoms with van der Waals surface area (Å²) in [7, 11) is 0. The number of hydrogen-bond acceptors (Lipinski definition) is 0. The average Bonchev–Trinajstić information content (AvgIpc) is 4.16. The Morgan fingerprint density at radius 2 is 0.771 bits per heavy atom. The molecular formula is C67H43N3. The second kappa shape index (κ2) is 15.2. The fourth-order valence-electron chi connectivity index (χ4n) is 12.2. The molecule has 0 spiro atoms. The second-order valence-electron chi connectivity index (χ2n) is 18.8. The molecule has 0 amide bonds. The smallest absolute Gasteiger partial charge is 0.0641 e. The highest BCUT2D eigenvalue weighted by Gasteiger charge is 2.33. The number of para-hydroxylation sites is 5. The molecule has 14 aromatic rings. The van der Waals surface area contributed by atoms with Gasteiger partial charge in [0, 0.05) is 55.3 Å². The summed E-state index contributed by atoms with van der Waals surface area (Å²) in [5.41, 5.74) is 22.2. The van der Waals surface area contributed by atoms with Crippen LogP contribution in [-0.4, -0.2) is 13.7 Å². The third-order valence-corrected chi connectivity index (χ3v) is 15.1. The number of hydrogen-bond donors (Lipinski definition) is 0. The van der Waals surface area contributed by atoms with E-state index in [9.17, 15) is 0 Å². The van der Waals surface area contributed by atoms with Crippen molar-refractivity contribution < 1.29 is 0 Å². The minimum Gasteiger partial charge on any atom is -0.309 e. The Balaban J connectivity index is 0.872. The molecule has 326 valence electrons. The van der Waals surface area contributed by atoms with Gasteiger partial charge in [0.05, 0.1) is 33.1 Å². The minimum atomic E-state index is 0.0733. The van der Waals surface area contributed by atoms with E-state index in [2.05, 4.69) is 268 Å². The van der Waals surface area contributed by atoms with E-state index in [4.69, 9.17) is 0 Å². The van der Waals surface area contributed by atoms with Gasteiger partial charge in [-0.25, -0.2) is 0 Å². The first kappa shape index (κ1) is 38.9. The van der Waals surface area contributed by atoms with Crippen LogP contribution in [0.2, 0.25) is 0 Å². The Morgan fingerprint density at radius 3 is 1.47 bits per heavy atom. The number of nitrogens with zero attached hydrogens (tertiary/aromatic N) is 3. The normalized spacial score (nSPS) is 13.3. The van der Waals surface area contributed by atoms with E-state index in [1.54, 1.807) is 0 Å². The van der Waals surface area contributed by atoms with Gasteiger partial charge in [-0.15, -0.1) is 0 Å². The zero-order chi connectivity index (χ0) is 45.9. The highest BCUT2D eigenvalue weighted by Crippen LogP contribution is 2.53. The molecule has 0 saturated carbocycles. The zero-order valence-electron chi connectivity index (χ0n) is 38.2. The molecule has 0 fully saturated rings.